The van der Waals surface area contributed by atoms with Crippen molar-refractivity contribution in [3.05, 3.63) is 23.8 Å². The van der Waals surface area contributed by atoms with Gasteiger partial charge in [-0.05, 0) is 47.0 Å². The Labute approximate surface area is 116 Å². The summed E-state index contributed by atoms with van der Waals surface area (Å²) in [5.74, 6) is 1.57. The molecular formula is C15H26N2O2. The van der Waals surface area contributed by atoms with E-state index >= 15 is 0 Å². The van der Waals surface area contributed by atoms with E-state index in [1.54, 1.807) is 7.11 Å². The number of likely N-dealkylation sites (N-methyl/N-ethyl adjacent to an activating group) is 1. The van der Waals surface area contributed by atoms with Crippen molar-refractivity contribution in [2.24, 2.45) is 5.73 Å². The molecule has 1 aromatic carbocycles. The molecule has 1 atom stereocenters. The molecule has 0 aliphatic rings. The Morgan fingerprint density at radius 3 is 2.32 bits per heavy atom. The summed E-state index contributed by atoms with van der Waals surface area (Å²) in [7, 11) is 5.73. The molecule has 0 saturated heterocycles. The fourth-order valence-electron chi connectivity index (χ4n) is 1.66. The van der Waals surface area contributed by atoms with Crippen molar-refractivity contribution in [2.45, 2.75) is 32.4 Å². The molecule has 108 valence electrons. The van der Waals surface area contributed by atoms with E-state index in [0.29, 0.717) is 6.61 Å². The Morgan fingerprint density at radius 2 is 1.84 bits per heavy atom. The van der Waals surface area contributed by atoms with Crippen molar-refractivity contribution in [3.63, 3.8) is 0 Å². The van der Waals surface area contributed by atoms with Crippen LogP contribution in [0, 0.1) is 0 Å². The number of benzene rings is 1. The van der Waals surface area contributed by atoms with Gasteiger partial charge in [0.2, 0.25) is 0 Å². The zero-order valence-corrected chi connectivity index (χ0v) is 12.9. The highest BCUT2D eigenvalue weighted by Gasteiger charge is 2.23. The van der Waals surface area contributed by atoms with Gasteiger partial charge in [-0.2, -0.15) is 0 Å². The quantitative estimate of drug-likeness (QED) is 0.859. The molecule has 0 aromatic heterocycles. The van der Waals surface area contributed by atoms with E-state index in [4.69, 9.17) is 15.2 Å². The van der Waals surface area contributed by atoms with Crippen LogP contribution in [0.2, 0.25) is 0 Å². The first kappa shape index (κ1) is 15.8. The highest BCUT2D eigenvalue weighted by atomic mass is 16.5. The van der Waals surface area contributed by atoms with Crippen molar-refractivity contribution in [3.8, 4) is 11.5 Å². The van der Waals surface area contributed by atoms with Gasteiger partial charge in [-0.25, -0.2) is 0 Å². The summed E-state index contributed by atoms with van der Waals surface area (Å²) in [5, 5.41) is 0. The van der Waals surface area contributed by atoms with Gasteiger partial charge in [-0.3, -0.25) is 0 Å². The van der Waals surface area contributed by atoms with Crippen LogP contribution >= 0.6 is 0 Å². The van der Waals surface area contributed by atoms with Crippen molar-refractivity contribution < 1.29 is 9.47 Å². The second-order valence-electron chi connectivity index (χ2n) is 5.66. The van der Waals surface area contributed by atoms with Crippen molar-refractivity contribution in [2.75, 3.05) is 27.8 Å². The van der Waals surface area contributed by atoms with Crippen molar-refractivity contribution >= 4 is 0 Å². The monoisotopic (exact) mass is 266 g/mol. The van der Waals surface area contributed by atoms with Gasteiger partial charge < -0.3 is 20.1 Å². The highest BCUT2D eigenvalue weighted by molar-refractivity contribution is 5.46. The summed E-state index contributed by atoms with van der Waals surface area (Å²) < 4.78 is 11.3. The van der Waals surface area contributed by atoms with Crippen LogP contribution in [0.5, 0.6) is 11.5 Å². The number of hydrogen-bond acceptors (Lipinski definition) is 4. The molecule has 0 fully saturated rings. The number of hydrogen-bond donors (Lipinski definition) is 1. The van der Waals surface area contributed by atoms with Gasteiger partial charge >= 0.3 is 0 Å². The number of methoxy groups -OCH3 is 1. The van der Waals surface area contributed by atoms with E-state index in [-0.39, 0.29) is 11.6 Å². The first-order valence-electron chi connectivity index (χ1n) is 6.52. The standard InChI is InChI=1S/C15H26N2O2/c1-11(16)14-12(18-6)8-7-9-13(14)19-10-15(2,3)17(4)5/h7-9,11H,10,16H2,1-6H3/t11-/m1/s1. The lowest BCUT2D eigenvalue weighted by atomic mass is 10.0. The Balaban J connectivity index is 2.96. The summed E-state index contributed by atoms with van der Waals surface area (Å²) in [5.41, 5.74) is 6.89. The molecule has 2 N–H and O–H groups in total. The lowest BCUT2D eigenvalue weighted by Gasteiger charge is -2.32. The van der Waals surface area contributed by atoms with Crippen molar-refractivity contribution in [1.29, 1.82) is 0 Å². The molecule has 0 heterocycles. The van der Waals surface area contributed by atoms with Crippen LogP contribution in [-0.2, 0) is 0 Å². The summed E-state index contributed by atoms with van der Waals surface area (Å²) in [6.45, 7) is 6.80. The van der Waals surface area contributed by atoms with Gasteiger partial charge in [0.25, 0.3) is 0 Å². The second kappa shape index (κ2) is 6.26. The minimum Gasteiger partial charge on any atom is -0.496 e. The SMILES string of the molecule is COc1cccc(OCC(C)(C)N(C)C)c1[C@@H](C)N. The van der Waals surface area contributed by atoms with Crippen LogP contribution in [0.1, 0.15) is 32.4 Å². The zero-order valence-electron chi connectivity index (χ0n) is 12.9. The molecule has 0 radical (unpaired) electrons. The smallest absolute Gasteiger partial charge is 0.127 e. The maximum Gasteiger partial charge on any atom is 0.127 e. The molecule has 19 heavy (non-hydrogen) atoms. The fourth-order valence-corrected chi connectivity index (χ4v) is 1.66. The third-order valence-electron chi connectivity index (χ3n) is 3.49. The fraction of sp³-hybridized carbons (Fsp3) is 0.600. The van der Waals surface area contributed by atoms with E-state index in [1.165, 1.54) is 0 Å². The van der Waals surface area contributed by atoms with Crippen LogP contribution in [0.25, 0.3) is 0 Å². The molecular weight excluding hydrogens is 240 g/mol. The van der Waals surface area contributed by atoms with Gasteiger partial charge in [0.1, 0.15) is 18.1 Å². The predicted molar refractivity (Wildman–Crippen MR) is 78.9 cm³/mol. The molecule has 0 bridgehead atoms. The van der Waals surface area contributed by atoms with Gasteiger partial charge in [0.05, 0.1) is 12.7 Å². The number of nitrogens with zero attached hydrogens (tertiary/aromatic N) is 1. The lowest BCUT2D eigenvalue weighted by Crippen LogP contribution is -2.43. The Hall–Kier alpha value is -1.26. The van der Waals surface area contributed by atoms with E-state index in [0.717, 1.165) is 17.1 Å². The predicted octanol–water partition coefficient (Wildman–Crippen LogP) is 2.43. The van der Waals surface area contributed by atoms with Crippen molar-refractivity contribution in [1.82, 2.24) is 4.90 Å². The minimum absolute atomic E-state index is 0.0435. The first-order valence-corrected chi connectivity index (χ1v) is 6.52. The van der Waals surface area contributed by atoms with Crippen LogP contribution < -0.4 is 15.2 Å². The van der Waals surface area contributed by atoms with E-state index in [2.05, 4.69) is 18.7 Å². The van der Waals surface area contributed by atoms with E-state index in [9.17, 15) is 0 Å². The molecule has 1 rings (SSSR count). The maximum atomic E-state index is 6.02. The minimum atomic E-state index is -0.131. The molecule has 0 aliphatic heterocycles. The molecule has 0 spiro atoms. The molecule has 0 amide bonds. The number of nitrogens with two attached hydrogens (primary N) is 1. The average molecular weight is 266 g/mol. The largest absolute Gasteiger partial charge is 0.496 e. The molecule has 1 aromatic rings. The lowest BCUT2D eigenvalue weighted by molar-refractivity contribution is 0.113. The second-order valence-corrected chi connectivity index (χ2v) is 5.66. The zero-order chi connectivity index (χ0) is 14.6. The topological polar surface area (TPSA) is 47.7 Å². The summed E-state index contributed by atoms with van der Waals surface area (Å²) >= 11 is 0. The summed E-state index contributed by atoms with van der Waals surface area (Å²) in [6.07, 6.45) is 0. The molecule has 0 aliphatic carbocycles. The third kappa shape index (κ3) is 3.85. The van der Waals surface area contributed by atoms with Gasteiger partial charge in [0.15, 0.2) is 0 Å². The Bertz CT molecular complexity index is 415. The Kier molecular flexibility index (Phi) is 5.20. The summed E-state index contributed by atoms with van der Waals surface area (Å²) in [4.78, 5) is 2.14. The number of rotatable bonds is 6. The van der Waals surface area contributed by atoms with E-state index in [1.807, 2.05) is 39.2 Å². The van der Waals surface area contributed by atoms with Gasteiger partial charge in [-0.15, -0.1) is 0 Å². The Morgan fingerprint density at radius 1 is 1.26 bits per heavy atom. The van der Waals surface area contributed by atoms with Crippen LogP contribution in [0.15, 0.2) is 18.2 Å². The van der Waals surface area contributed by atoms with Gasteiger partial charge in [0, 0.05) is 11.6 Å². The highest BCUT2D eigenvalue weighted by Crippen LogP contribution is 2.33. The normalized spacial score (nSPS) is 13.5. The molecule has 4 nitrogen and oxygen atoms in total. The summed E-state index contributed by atoms with van der Waals surface area (Å²) in [6, 6.07) is 5.63. The van der Waals surface area contributed by atoms with Crippen LogP contribution in [-0.4, -0.2) is 38.3 Å². The average Bonchev–Trinajstić information content (AvgIpc) is 2.35. The third-order valence-corrected chi connectivity index (χ3v) is 3.49. The first-order chi connectivity index (χ1) is 8.79. The van der Waals surface area contributed by atoms with Gasteiger partial charge in [-0.1, -0.05) is 6.07 Å². The van der Waals surface area contributed by atoms with Crippen LogP contribution in [0.4, 0.5) is 0 Å². The maximum absolute atomic E-state index is 6.02. The van der Waals surface area contributed by atoms with Crippen LogP contribution in [0.3, 0.4) is 0 Å². The molecule has 4 heteroatoms. The number of ether oxygens (including phenoxy) is 2. The molecule has 0 saturated carbocycles. The van der Waals surface area contributed by atoms with E-state index < -0.39 is 0 Å². The molecule has 0 unspecified atom stereocenters.